The number of hydrogen-bond acceptors (Lipinski definition) is 2. The van der Waals surface area contributed by atoms with E-state index in [0.717, 1.165) is 21.9 Å². The molecule has 2 nitrogen and oxygen atoms in total. The smallest absolute Gasteiger partial charge is 0.340 e. The van der Waals surface area contributed by atoms with E-state index in [0.29, 0.717) is 6.42 Å². The van der Waals surface area contributed by atoms with E-state index >= 15 is 0 Å². The molecular weight excluding hydrogens is 389 g/mol. The van der Waals surface area contributed by atoms with Crippen molar-refractivity contribution < 1.29 is 26.7 Å². The summed E-state index contributed by atoms with van der Waals surface area (Å²) in [5.74, 6) is -4.65. The molecule has 0 saturated heterocycles. The minimum Gasteiger partial charge on any atom is -0.487 e. The first-order valence-electron chi connectivity index (χ1n) is 9.06. The highest BCUT2D eigenvalue weighted by molar-refractivity contribution is 5.86. The maximum atomic E-state index is 13.7. The second-order valence-corrected chi connectivity index (χ2v) is 6.85. The molecule has 0 aliphatic rings. The quantitative estimate of drug-likeness (QED) is 0.496. The molecule has 0 fully saturated rings. The van der Waals surface area contributed by atoms with Gasteiger partial charge in [-0.1, -0.05) is 36.4 Å². The molecule has 0 spiro atoms. The second kappa shape index (κ2) is 8.78. The van der Waals surface area contributed by atoms with Crippen LogP contribution in [0.15, 0.2) is 60.7 Å². The molecule has 1 atom stereocenters. The fraction of sp³-hybridized carbons (Fsp3) is 0.273. The summed E-state index contributed by atoms with van der Waals surface area (Å²) in [4.78, 5) is 0. The third-order valence-electron chi connectivity index (χ3n) is 4.73. The van der Waals surface area contributed by atoms with Crippen LogP contribution in [0.4, 0.5) is 22.0 Å². The first-order valence-corrected chi connectivity index (χ1v) is 9.06. The van der Waals surface area contributed by atoms with Gasteiger partial charge in [-0.3, -0.25) is 0 Å². The van der Waals surface area contributed by atoms with Gasteiger partial charge in [0.05, 0.1) is 0 Å². The predicted molar refractivity (Wildman–Crippen MR) is 102 cm³/mol. The summed E-state index contributed by atoms with van der Waals surface area (Å²) in [6.45, 7) is -1.12. The Labute approximate surface area is 165 Å². The standard InChI is InChI=1S/C22H20F5NO/c23-17-8-7-15-4-2-6-19(20(15)11-17)16(12-28)9-14-3-1-5-18(10-14)29-13-22(26,27)21(24)25/h1-8,10-11,16,21H,9,12-13,28H2. The molecule has 154 valence electrons. The van der Waals surface area contributed by atoms with Gasteiger partial charge in [0.1, 0.15) is 11.6 Å². The summed E-state index contributed by atoms with van der Waals surface area (Å²) in [6.07, 6.45) is -3.34. The fourth-order valence-electron chi connectivity index (χ4n) is 3.23. The molecule has 0 aliphatic carbocycles. The first kappa shape index (κ1) is 21.0. The third-order valence-corrected chi connectivity index (χ3v) is 4.73. The average molecular weight is 409 g/mol. The molecule has 3 aromatic rings. The van der Waals surface area contributed by atoms with Crippen LogP contribution in [0.2, 0.25) is 0 Å². The van der Waals surface area contributed by atoms with Gasteiger partial charge in [-0.05, 0) is 59.1 Å². The minimum absolute atomic E-state index is 0.0718. The van der Waals surface area contributed by atoms with E-state index < -0.39 is 19.0 Å². The summed E-state index contributed by atoms with van der Waals surface area (Å²) in [5.41, 5.74) is 7.58. The van der Waals surface area contributed by atoms with Gasteiger partial charge in [0, 0.05) is 5.92 Å². The molecule has 2 N–H and O–H groups in total. The Hall–Kier alpha value is -2.67. The van der Waals surface area contributed by atoms with Gasteiger partial charge in [-0.15, -0.1) is 0 Å². The number of fused-ring (bicyclic) bond motifs is 1. The number of rotatable bonds is 8. The molecule has 0 aromatic heterocycles. The van der Waals surface area contributed by atoms with Gasteiger partial charge in [0.15, 0.2) is 6.61 Å². The van der Waals surface area contributed by atoms with Gasteiger partial charge in [0.25, 0.3) is 0 Å². The van der Waals surface area contributed by atoms with E-state index in [1.54, 1.807) is 18.2 Å². The van der Waals surface area contributed by atoms with Crippen LogP contribution in [0.25, 0.3) is 10.8 Å². The topological polar surface area (TPSA) is 35.2 Å². The Morgan fingerprint density at radius 2 is 1.72 bits per heavy atom. The molecule has 0 radical (unpaired) electrons. The SMILES string of the molecule is NCC(Cc1cccc(OCC(F)(F)C(F)F)c1)c1cccc2ccc(F)cc12. The Bertz CT molecular complexity index is 976. The summed E-state index contributed by atoms with van der Waals surface area (Å²) in [6, 6.07) is 16.5. The van der Waals surface area contributed by atoms with Crippen molar-refractivity contribution >= 4 is 10.8 Å². The fourth-order valence-corrected chi connectivity index (χ4v) is 3.23. The molecule has 0 bridgehead atoms. The molecule has 0 amide bonds. The number of benzene rings is 3. The van der Waals surface area contributed by atoms with E-state index in [1.165, 1.54) is 24.3 Å². The Balaban J connectivity index is 1.81. The lowest BCUT2D eigenvalue weighted by Gasteiger charge is -2.19. The van der Waals surface area contributed by atoms with Gasteiger partial charge < -0.3 is 10.5 Å². The van der Waals surface area contributed by atoms with Gasteiger partial charge in [-0.2, -0.15) is 8.78 Å². The van der Waals surface area contributed by atoms with E-state index in [-0.39, 0.29) is 24.0 Å². The van der Waals surface area contributed by atoms with Crippen LogP contribution in [0.5, 0.6) is 5.75 Å². The molecule has 7 heteroatoms. The van der Waals surface area contributed by atoms with Crippen LogP contribution >= 0.6 is 0 Å². The third kappa shape index (κ3) is 5.03. The maximum absolute atomic E-state index is 13.7. The van der Waals surface area contributed by atoms with Crippen LogP contribution in [0, 0.1) is 5.82 Å². The van der Waals surface area contributed by atoms with Crippen molar-refractivity contribution in [3.05, 3.63) is 77.6 Å². The van der Waals surface area contributed by atoms with Crippen LogP contribution in [0.1, 0.15) is 17.0 Å². The molecule has 3 aromatic carbocycles. The zero-order valence-electron chi connectivity index (χ0n) is 15.4. The highest BCUT2D eigenvalue weighted by Crippen LogP contribution is 2.30. The Morgan fingerprint density at radius 3 is 2.45 bits per heavy atom. The largest absolute Gasteiger partial charge is 0.487 e. The molecule has 1 unspecified atom stereocenters. The number of halogens is 5. The van der Waals surface area contributed by atoms with Gasteiger partial charge in [0.2, 0.25) is 0 Å². The highest BCUT2D eigenvalue weighted by Gasteiger charge is 2.41. The lowest BCUT2D eigenvalue weighted by atomic mass is 9.88. The van der Waals surface area contributed by atoms with Crippen molar-refractivity contribution in [1.82, 2.24) is 0 Å². The van der Waals surface area contributed by atoms with E-state index in [2.05, 4.69) is 0 Å². The molecular formula is C22H20F5NO. The molecule has 0 aliphatic heterocycles. The van der Waals surface area contributed by atoms with Crippen LogP contribution in [0.3, 0.4) is 0 Å². The lowest BCUT2D eigenvalue weighted by molar-refractivity contribution is -0.148. The molecule has 3 rings (SSSR count). The summed E-state index contributed by atoms with van der Waals surface area (Å²) in [7, 11) is 0. The van der Waals surface area contributed by atoms with Crippen LogP contribution < -0.4 is 10.5 Å². The van der Waals surface area contributed by atoms with Crippen molar-refractivity contribution in [1.29, 1.82) is 0 Å². The number of hydrogen-bond donors (Lipinski definition) is 1. The highest BCUT2D eigenvalue weighted by atomic mass is 19.3. The molecule has 0 heterocycles. The van der Waals surface area contributed by atoms with Crippen molar-refractivity contribution in [2.24, 2.45) is 5.73 Å². The number of nitrogens with two attached hydrogens (primary N) is 1. The van der Waals surface area contributed by atoms with Crippen molar-refractivity contribution in [3.63, 3.8) is 0 Å². The van der Waals surface area contributed by atoms with Crippen LogP contribution in [-0.2, 0) is 6.42 Å². The molecule has 0 saturated carbocycles. The summed E-state index contributed by atoms with van der Waals surface area (Å²) < 4.78 is 69.3. The number of alkyl halides is 4. The first-order chi connectivity index (χ1) is 13.8. The van der Waals surface area contributed by atoms with Crippen molar-refractivity contribution in [3.8, 4) is 5.75 Å². The van der Waals surface area contributed by atoms with Crippen molar-refractivity contribution in [2.75, 3.05) is 13.2 Å². The zero-order valence-corrected chi connectivity index (χ0v) is 15.4. The summed E-state index contributed by atoms with van der Waals surface area (Å²) in [5, 5.41) is 1.64. The maximum Gasteiger partial charge on any atom is 0.340 e. The van der Waals surface area contributed by atoms with Crippen molar-refractivity contribution in [2.45, 2.75) is 24.7 Å². The number of ether oxygens (including phenoxy) is 1. The normalized spacial score (nSPS) is 13.1. The monoisotopic (exact) mass is 409 g/mol. The Kier molecular flexibility index (Phi) is 6.37. The van der Waals surface area contributed by atoms with E-state index in [1.807, 2.05) is 18.2 Å². The molecule has 29 heavy (non-hydrogen) atoms. The Morgan fingerprint density at radius 1 is 0.966 bits per heavy atom. The van der Waals surface area contributed by atoms with E-state index in [9.17, 15) is 22.0 Å². The average Bonchev–Trinajstić information content (AvgIpc) is 2.70. The summed E-state index contributed by atoms with van der Waals surface area (Å²) >= 11 is 0. The van der Waals surface area contributed by atoms with Crippen LogP contribution in [-0.4, -0.2) is 25.5 Å². The van der Waals surface area contributed by atoms with Gasteiger partial charge >= 0.3 is 12.3 Å². The van der Waals surface area contributed by atoms with E-state index in [4.69, 9.17) is 10.5 Å². The minimum atomic E-state index is -4.22. The lowest BCUT2D eigenvalue weighted by Crippen LogP contribution is -2.33. The predicted octanol–water partition coefficient (Wildman–Crippen LogP) is 5.54. The van der Waals surface area contributed by atoms with Gasteiger partial charge in [-0.25, -0.2) is 13.2 Å². The second-order valence-electron chi connectivity index (χ2n) is 6.85. The zero-order chi connectivity index (χ0) is 21.0.